The minimum Gasteiger partial charge on any atom is -0.462 e. The van der Waals surface area contributed by atoms with E-state index in [4.69, 9.17) is 23.3 Å². The molecule has 428 valence electrons. The summed E-state index contributed by atoms with van der Waals surface area (Å²) in [4.78, 5) is 48.6. The molecule has 12 heteroatoms. The molecule has 0 bridgehead atoms. The van der Waals surface area contributed by atoms with Gasteiger partial charge in [0.05, 0.1) is 19.8 Å². The van der Waals surface area contributed by atoms with Crippen molar-refractivity contribution in [1.29, 1.82) is 0 Å². The Morgan fingerprint density at radius 3 is 1.14 bits per heavy atom. The molecule has 0 saturated heterocycles. The minimum atomic E-state index is -4.76. The summed E-state index contributed by atoms with van der Waals surface area (Å²) in [7, 11) is -4.76. The Morgan fingerprint density at radius 2 is 0.703 bits per heavy atom. The summed E-state index contributed by atoms with van der Waals surface area (Å²) in [5.41, 5.74) is 0. The molecule has 0 aromatic heterocycles. The fraction of sp³-hybridized carbons (Fsp3) is 0.758. The van der Waals surface area contributed by atoms with Gasteiger partial charge in [-0.2, -0.15) is 0 Å². The van der Waals surface area contributed by atoms with Crippen LogP contribution < -0.4 is 0 Å². The van der Waals surface area contributed by atoms with Gasteiger partial charge in [0.15, 0.2) is 6.10 Å². The topological polar surface area (TPSA) is 155 Å². The number of esters is 3. The van der Waals surface area contributed by atoms with Gasteiger partial charge < -0.3 is 24.2 Å². The Hall–Kier alpha value is -3.08. The SMILES string of the molecule is CC/C=C\C/C=C\C/C=C\CCCCCC(=O)OC(CO)COP(=O)(O)OCC(COC(=O)CCCCCCC/C=C\CCCCCCCC)OC(=O)CCCCCCCCCCC/C=C\C/C=C\CCCCC. The van der Waals surface area contributed by atoms with Crippen LogP contribution in [0.5, 0.6) is 0 Å². The third-order valence-electron chi connectivity index (χ3n) is 12.6. The van der Waals surface area contributed by atoms with Crippen LogP contribution in [-0.4, -0.2) is 66.5 Å². The second-order valence-electron chi connectivity index (χ2n) is 19.8. The van der Waals surface area contributed by atoms with E-state index in [0.717, 1.165) is 109 Å². The number of aliphatic hydroxyl groups excluding tert-OH is 1. The highest BCUT2D eigenvalue weighted by molar-refractivity contribution is 7.47. The molecule has 0 fully saturated rings. The lowest BCUT2D eigenvalue weighted by atomic mass is 10.1. The summed E-state index contributed by atoms with van der Waals surface area (Å²) in [5.74, 6) is -1.50. The zero-order valence-electron chi connectivity index (χ0n) is 47.3. The number of phosphoric ester groups is 1. The van der Waals surface area contributed by atoms with Crippen LogP contribution in [0.15, 0.2) is 72.9 Å². The van der Waals surface area contributed by atoms with Crippen molar-refractivity contribution in [3.05, 3.63) is 72.9 Å². The van der Waals surface area contributed by atoms with E-state index in [2.05, 4.69) is 93.7 Å². The van der Waals surface area contributed by atoms with E-state index in [1.54, 1.807) is 0 Å². The van der Waals surface area contributed by atoms with Gasteiger partial charge in [-0.3, -0.25) is 23.4 Å². The maximum absolute atomic E-state index is 12.9. The lowest BCUT2D eigenvalue weighted by molar-refractivity contribution is -0.161. The van der Waals surface area contributed by atoms with Gasteiger partial charge >= 0.3 is 25.7 Å². The van der Waals surface area contributed by atoms with Crippen LogP contribution in [0.4, 0.5) is 0 Å². The van der Waals surface area contributed by atoms with Gasteiger partial charge in [-0.15, -0.1) is 0 Å². The number of carbonyl (C=O) groups is 3. The molecule has 0 radical (unpaired) electrons. The van der Waals surface area contributed by atoms with Gasteiger partial charge in [-0.1, -0.05) is 209 Å². The van der Waals surface area contributed by atoms with Gasteiger partial charge in [0.25, 0.3) is 0 Å². The largest absolute Gasteiger partial charge is 0.472 e. The molecule has 2 N–H and O–H groups in total. The van der Waals surface area contributed by atoms with Gasteiger partial charge in [0.1, 0.15) is 12.7 Å². The molecular weight excluding hydrogens is 952 g/mol. The first-order valence-electron chi connectivity index (χ1n) is 29.8. The highest BCUT2D eigenvalue weighted by Gasteiger charge is 2.28. The molecule has 0 amide bonds. The molecule has 0 heterocycles. The quantitative estimate of drug-likeness (QED) is 0.0197. The molecule has 0 aliphatic carbocycles. The minimum absolute atomic E-state index is 0.140. The van der Waals surface area contributed by atoms with Crippen molar-refractivity contribution in [2.45, 2.75) is 277 Å². The standard InChI is InChI=1S/C62H109O11P/c1-4-7-10-13-16-19-22-25-27-28-29-30-32-35-38-41-44-47-50-53-62(66)73-59(55-69-60(64)51-48-45-42-39-36-34-31-26-23-20-17-14-11-8-5-2)57-71-74(67,68)70-56-58(54-63)72-61(65)52-49-46-43-40-37-33-24-21-18-15-12-9-6-3/h9,12,16,18-19,21,25-27,31,33,37,58-59,63H,4-8,10-11,13-15,17,20,22-24,28-30,32,34-36,38-57H2,1-3H3,(H,67,68)/b12-9-,19-16-,21-18-,27-25-,31-26-,37-33-. The van der Waals surface area contributed by atoms with Crippen molar-refractivity contribution in [2.75, 3.05) is 26.4 Å². The molecule has 11 nitrogen and oxygen atoms in total. The van der Waals surface area contributed by atoms with E-state index < -0.39 is 57.8 Å². The Kier molecular flexibility index (Phi) is 53.8. The lowest BCUT2D eigenvalue weighted by Crippen LogP contribution is -2.30. The normalized spacial score (nSPS) is 13.9. The Bertz CT molecular complexity index is 1520. The number of carbonyl (C=O) groups excluding carboxylic acids is 3. The Morgan fingerprint density at radius 1 is 0.392 bits per heavy atom. The van der Waals surface area contributed by atoms with Crippen LogP contribution in [0, 0.1) is 0 Å². The predicted molar refractivity (Wildman–Crippen MR) is 307 cm³/mol. The van der Waals surface area contributed by atoms with E-state index in [9.17, 15) is 28.9 Å². The number of phosphoric acid groups is 1. The van der Waals surface area contributed by atoms with E-state index in [1.165, 1.54) is 96.3 Å². The number of ether oxygens (including phenoxy) is 3. The van der Waals surface area contributed by atoms with Crippen molar-refractivity contribution in [2.24, 2.45) is 0 Å². The molecule has 0 aromatic carbocycles. The maximum Gasteiger partial charge on any atom is 0.472 e. The van der Waals surface area contributed by atoms with Crippen LogP contribution in [0.1, 0.15) is 265 Å². The number of unbranched alkanes of at least 4 members (excludes halogenated alkanes) is 26. The first kappa shape index (κ1) is 70.9. The van der Waals surface area contributed by atoms with E-state index in [1.807, 2.05) is 0 Å². The molecular formula is C62H109O11P. The number of hydrogen-bond acceptors (Lipinski definition) is 10. The summed E-state index contributed by atoms with van der Waals surface area (Å²) in [6.07, 6.45) is 62.9. The second kappa shape index (κ2) is 56.1. The third-order valence-corrected chi connectivity index (χ3v) is 13.5. The maximum atomic E-state index is 12.9. The monoisotopic (exact) mass is 1060 g/mol. The molecule has 0 aromatic rings. The first-order valence-corrected chi connectivity index (χ1v) is 31.3. The van der Waals surface area contributed by atoms with Gasteiger partial charge in [0, 0.05) is 19.3 Å². The molecule has 3 atom stereocenters. The second-order valence-corrected chi connectivity index (χ2v) is 21.2. The molecule has 0 aliphatic heterocycles. The van der Waals surface area contributed by atoms with Crippen LogP contribution in [-0.2, 0) is 42.2 Å². The smallest absolute Gasteiger partial charge is 0.462 e. The molecule has 0 spiro atoms. The number of rotatable bonds is 55. The highest BCUT2D eigenvalue weighted by atomic mass is 31.2. The fourth-order valence-electron chi connectivity index (χ4n) is 8.04. The average molecular weight is 1060 g/mol. The number of hydrogen-bond donors (Lipinski definition) is 2. The van der Waals surface area contributed by atoms with Crippen LogP contribution in [0.3, 0.4) is 0 Å². The van der Waals surface area contributed by atoms with Crippen molar-refractivity contribution in [3.63, 3.8) is 0 Å². The van der Waals surface area contributed by atoms with Crippen LogP contribution >= 0.6 is 7.82 Å². The Labute approximate surface area is 452 Å². The summed E-state index contributed by atoms with van der Waals surface area (Å²) < 4.78 is 39.5. The number of allylic oxidation sites excluding steroid dienone is 12. The first-order chi connectivity index (χ1) is 36.2. The van der Waals surface area contributed by atoms with Gasteiger partial charge in [-0.25, -0.2) is 4.57 Å². The molecule has 74 heavy (non-hydrogen) atoms. The van der Waals surface area contributed by atoms with Crippen LogP contribution in [0.2, 0.25) is 0 Å². The number of aliphatic hydroxyl groups is 1. The average Bonchev–Trinajstić information content (AvgIpc) is 3.39. The van der Waals surface area contributed by atoms with Crippen LogP contribution in [0.25, 0.3) is 0 Å². The summed E-state index contributed by atoms with van der Waals surface area (Å²) >= 11 is 0. The predicted octanol–water partition coefficient (Wildman–Crippen LogP) is 17.7. The fourth-order valence-corrected chi connectivity index (χ4v) is 8.83. The van der Waals surface area contributed by atoms with Crippen molar-refractivity contribution >= 4 is 25.7 Å². The van der Waals surface area contributed by atoms with E-state index >= 15 is 0 Å². The summed E-state index contributed by atoms with van der Waals surface area (Å²) in [5, 5.41) is 9.81. The highest BCUT2D eigenvalue weighted by Crippen LogP contribution is 2.43. The summed E-state index contributed by atoms with van der Waals surface area (Å²) in [6.45, 7) is 4.47. The zero-order valence-corrected chi connectivity index (χ0v) is 48.2. The van der Waals surface area contributed by atoms with Crippen molar-refractivity contribution in [3.8, 4) is 0 Å². The van der Waals surface area contributed by atoms with Gasteiger partial charge in [-0.05, 0) is 109 Å². The van der Waals surface area contributed by atoms with E-state index in [0.29, 0.717) is 19.3 Å². The van der Waals surface area contributed by atoms with Crippen molar-refractivity contribution < 1.29 is 52.2 Å². The lowest BCUT2D eigenvalue weighted by Gasteiger charge is -2.21. The zero-order chi connectivity index (χ0) is 54.1. The van der Waals surface area contributed by atoms with E-state index in [-0.39, 0.29) is 25.9 Å². The third kappa shape index (κ3) is 53.7. The molecule has 0 rings (SSSR count). The molecule has 0 aliphatic rings. The molecule has 0 saturated carbocycles. The van der Waals surface area contributed by atoms with Gasteiger partial charge in [0.2, 0.25) is 0 Å². The summed E-state index contributed by atoms with van der Waals surface area (Å²) in [6, 6.07) is 0. The Balaban J connectivity index is 4.75. The molecule has 3 unspecified atom stereocenters. The van der Waals surface area contributed by atoms with Crippen molar-refractivity contribution in [1.82, 2.24) is 0 Å².